The largest absolute Gasteiger partial charge is 0.370 e. The van der Waals surface area contributed by atoms with Crippen molar-refractivity contribution in [2.45, 2.75) is 26.2 Å². The summed E-state index contributed by atoms with van der Waals surface area (Å²) in [5.41, 5.74) is 2.72. The van der Waals surface area contributed by atoms with Crippen molar-refractivity contribution in [1.29, 1.82) is 0 Å². The van der Waals surface area contributed by atoms with Gasteiger partial charge in [0, 0.05) is 38.3 Å². The van der Waals surface area contributed by atoms with Crippen molar-refractivity contribution in [3.05, 3.63) is 58.0 Å². The summed E-state index contributed by atoms with van der Waals surface area (Å²) in [7, 11) is 1.64. The second-order valence-electron chi connectivity index (χ2n) is 6.93. The number of amides is 1. The van der Waals surface area contributed by atoms with Gasteiger partial charge in [0.05, 0.1) is 11.9 Å². The summed E-state index contributed by atoms with van der Waals surface area (Å²) in [6, 6.07) is 9.46. The fourth-order valence-corrected chi connectivity index (χ4v) is 3.32. The van der Waals surface area contributed by atoms with Gasteiger partial charge in [-0.1, -0.05) is 25.5 Å². The van der Waals surface area contributed by atoms with Crippen LogP contribution in [0.3, 0.4) is 0 Å². The van der Waals surface area contributed by atoms with Crippen molar-refractivity contribution >= 4 is 11.6 Å². The topological polar surface area (TPSA) is 67.2 Å². The predicted octanol–water partition coefficient (Wildman–Crippen LogP) is 1.99. The number of aryl methyl sites for hydroxylation is 2. The van der Waals surface area contributed by atoms with Crippen LogP contribution in [0.2, 0.25) is 0 Å². The lowest BCUT2D eigenvalue weighted by Gasteiger charge is -2.18. The third-order valence-corrected chi connectivity index (χ3v) is 4.91. The molecule has 26 heavy (non-hydrogen) atoms. The highest BCUT2D eigenvalue weighted by Gasteiger charge is 2.23. The lowest BCUT2D eigenvalue weighted by atomic mass is 10.1. The fourth-order valence-electron chi connectivity index (χ4n) is 3.32. The van der Waals surface area contributed by atoms with Gasteiger partial charge in [0.15, 0.2) is 0 Å². The molecular formula is C20H26N4O2. The summed E-state index contributed by atoms with van der Waals surface area (Å²) in [6.07, 6.45) is 4.86. The molecule has 0 unspecified atom stereocenters. The van der Waals surface area contributed by atoms with Crippen LogP contribution in [0.5, 0.6) is 0 Å². The lowest BCUT2D eigenvalue weighted by molar-refractivity contribution is 0.0948. The summed E-state index contributed by atoms with van der Waals surface area (Å²) in [6.45, 7) is 4.49. The van der Waals surface area contributed by atoms with Crippen molar-refractivity contribution in [3.8, 4) is 0 Å². The number of nitrogens with zero attached hydrogens (tertiary/aromatic N) is 3. The van der Waals surface area contributed by atoms with Crippen molar-refractivity contribution in [1.82, 2.24) is 15.1 Å². The Morgan fingerprint density at radius 3 is 2.77 bits per heavy atom. The smallest absolute Gasteiger partial charge is 0.268 e. The number of rotatable bonds is 6. The Labute approximate surface area is 153 Å². The van der Waals surface area contributed by atoms with Crippen molar-refractivity contribution in [2.24, 2.45) is 13.0 Å². The lowest BCUT2D eigenvalue weighted by Crippen LogP contribution is -2.31. The first-order valence-corrected chi connectivity index (χ1v) is 9.22. The second kappa shape index (κ2) is 8.17. The molecule has 3 rings (SSSR count). The number of hydrogen-bond donors (Lipinski definition) is 1. The van der Waals surface area contributed by atoms with Crippen LogP contribution in [0, 0.1) is 5.92 Å². The van der Waals surface area contributed by atoms with E-state index in [4.69, 9.17) is 0 Å². The summed E-state index contributed by atoms with van der Waals surface area (Å²) in [4.78, 5) is 26.2. The average Bonchev–Trinajstić information content (AvgIpc) is 3.12. The van der Waals surface area contributed by atoms with E-state index in [-0.39, 0.29) is 11.5 Å². The molecule has 1 fully saturated rings. The van der Waals surface area contributed by atoms with E-state index in [0.29, 0.717) is 18.0 Å². The fraction of sp³-hybridized carbons (Fsp3) is 0.450. The van der Waals surface area contributed by atoms with Gasteiger partial charge < -0.3 is 10.2 Å². The van der Waals surface area contributed by atoms with Gasteiger partial charge in [0.2, 0.25) is 0 Å². The first-order valence-electron chi connectivity index (χ1n) is 9.22. The van der Waals surface area contributed by atoms with Crippen LogP contribution in [0.1, 0.15) is 35.7 Å². The highest BCUT2D eigenvalue weighted by molar-refractivity contribution is 5.94. The highest BCUT2D eigenvalue weighted by atomic mass is 16.1. The van der Waals surface area contributed by atoms with Crippen LogP contribution in [-0.2, 0) is 13.5 Å². The Hall–Kier alpha value is -2.63. The van der Waals surface area contributed by atoms with Crippen LogP contribution in [-0.4, -0.2) is 35.3 Å². The summed E-state index contributed by atoms with van der Waals surface area (Å²) in [5, 5.41) is 7.11. The molecule has 1 aliphatic rings. The molecule has 0 aliphatic carbocycles. The number of hydrogen-bond acceptors (Lipinski definition) is 4. The minimum Gasteiger partial charge on any atom is -0.370 e. The van der Waals surface area contributed by atoms with Gasteiger partial charge in [-0.3, -0.25) is 9.59 Å². The van der Waals surface area contributed by atoms with Gasteiger partial charge in [-0.2, -0.15) is 5.10 Å². The normalized spacial score (nSPS) is 16.7. The molecule has 1 aliphatic heterocycles. The number of nitrogens with one attached hydrogen (secondary N) is 1. The van der Waals surface area contributed by atoms with Crippen LogP contribution in [0.15, 0.2) is 41.3 Å². The van der Waals surface area contributed by atoms with Gasteiger partial charge in [-0.15, -0.1) is 0 Å². The molecule has 2 heterocycles. The van der Waals surface area contributed by atoms with E-state index in [1.165, 1.54) is 10.2 Å². The number of carbonyl (C=O) groups excluding carboxylic acids is 1. The summed E-state index contributed by atoms with van der Waals surface area (Å²) >= 11 is 0. The number of carbonyl (C=O) groups is 1. The third-order valence-electron chi connectivity index (χ3n) is 4.91. The zero-order valence-electron chi connectivity index (χ0n) is 15.4. The molecule has 0 saturated carbocycles. The zero-order valence-corrected chi connectivity index (χ0v) is 15.4. The van der Waals surface area contributed by atoms with Gasteiger partial charge in [0.1, 0.15) is 0 Å². The van der Waals surface area contributed by atoms with Crippen LogP contribution >= 0.6 is 0 Å². The molecule has 2 aromatic rings. The highest BCUT2D eigenvalue weighted by Crippen LogP contribution is 2.21. The standard InChI is InChI=1S/C20H26N4O2/c1-3-4-15-5-7-17(8-6-15)20(26)21-12-16-9-10-24(14-16)18-11-19(25)23(2)22-13-18/h5-8,11,13,16H,3-4,9-10,12,14H2,1-2H3,(H,21,26)/t16-/m0/s1. The zero-order chi connectivity index (χ0) is 18.5. The number of anilines is 1. The van der Waals surface area contributed by atoms with Crippen LogP contribution in [0.4, 0.5) is 5.69 Å². The maximum absolute atomic E-state index is 12.3. The van der Waals surface area contributed by atoms with Crippen LogP contribution in [0.25, 0.3) is 0 Å². The summed E-state index contributed by atoms with van der Waals surface area (Å²) < 4.78 is 1.32. The molecule has 1 aromatic heterocycles. The predicted molar refractivity (Wildman–Crippen MR) is 103 cm³/mol. The summed E-state index contributed by atoms with van der Waals surface area (Å²) in [5.74, 6) is 0.351. The Bertz CT molecular complexity index is 813. The van der Waals surface area contributed by atoms with E-state index >= 15 is 0 Å². The van der Waals surface area contributed by atoms with Gasteiger partial charge in [0.25, 0.3) is 11.5 Å². The second-order valence-corrected chi connectivity index (χ2v) is 6.93. The monoisotopic (exact) mass is 354 g/mol. The van der Waals surface area contributed by atoms with Gasteiger partial charge in [-0.05, 0) is 36.5 Å². The molecule has 0 radical (unpaired) electrons. The molecule has 1 aromatic carbocycles. The van der Waals surface area contributed by atoms with E-state index in [2.05, 4.69) is 22.2 Å². The molecule has 0 bridgehead atoms. The molecule has 6 nitrogen and oxygen atoms in total. The molecule has 1 atom stereocenters. The quantitative estimate of drug-likeness (QED) is 0.861. The van der Waals surface area contributed by atoms with E-state index in [9.17, 15) is 9.59 Å². The SMILES string of the molecule is CCCc1ccc(C(=O)NC[C@@H]2CCN(c3cnn(C)c(=O)c3)C2)cc1. The van der Waals surface area contributed by atoms with Crippen LogP contribution < -0.4 is 15.8 Å². The minimum absolute atomic E-state index is 0.0262. The molecule has 1 N–H and O–H groups in total. The van der Waals surface area contributed by atoms with Gasteiger partial charge in [-0.25, -0.2) is 4.68 Å². The minimum atomic E-state index is -0.106. The molecule has 138 valence electrons. The Kier molecular flexibility index (Phi) is 5.71. The van der Waals surface area contributed by atoms with Crippen molar-refractivity contribution < 1.29 is 4.79 Å². The Balaban J connectivity index is 1.51. The molecular weight excluding hydrogens is 328 g/mol. The van der Waals surface area contributed by atoms with E-state index in [0.717, 1.165) is 38.0 Å². The maximum atomic E-state index is 12.3. The Morgan fingerprint density at radius 1 is 1.31 bits per heavy atom. The number of benzene rings is 1. The maximum Gasteiger partial charge on any atom is 0.268 e. The third kappa shape index (κ3) is 4.31. The van der Waals surface area contributed by atoms with E-state index in [1.807, 2.05) is 24.3 Å². The first-order chi connectivity index (χ1) is 12.6. The average molecular weight is 354 g/mol. The number of aromatic nitrogens is 2. The van der Waals surface area contributed by atoms with Crippen molar-refractivity contribution in [3.63, 3.8) is 0 Å². The van der Waals surface area contributed by atoms with Gasteiger partial charge >= 0.3 is 0 Å². The molecule has 1 amide bonds. The van der Waals surface area contributed by atoms with Crippen molar-refractivity contribution in [2.75, 3.05) is 24.5 Å². The molecule has 1 saturated heterocycles. The molecule has 6 heteroatoms. The molecule has 0 spiro atoms. The van der Waals surface area contributed by atoms with E-state index < -0.39 is 0 Å². The van der Waals surface area contributed by atoms with E-state index in [1.54, 1.807) is 19.3 Å². The Morgan fingerprint density at radius 2 is 2.08 bits per heavy atom. The first kappa shape index (κ1) is 18.2.